The summed E-state index contributed by atoms with van der Waals surface area (Å²) in [6.45, 7) is 4.59. The van der Waals surface area contributed by atoms with Crippen molar-refractivity contribution in [3.05, 3.63) is 58.1 Å². The third-order valence-corrected chi connectivity index (χ3v) is 5.58. The molecule has 2 aromatic carbocycles. The maximum Gasteiger partial charge on any atom is 0.338 e. The van der Waals surface area contributed by atoms with E-state index in [1.165, 1.54) is 0 Å². The van der Waals surface area contributed by atoms with Gasteiger partial charge in [0, 0.05) is 4.47 Å². The molecule has 2 amide bonds. The zero-order chi connectivity index (χ0) is 27.0. The fourth-order valence-corrected chi connectivity index (χ4v) is 3.50. The van der Waals surface area contributed by atoms with Crippen molar-refractivity contribution in [1.29, 1.82) is 0 Å². The zero-order valence-electron chi connectivity index (χ0n) is 20.9. The van der Waals surface area contributed by atoms with Crippen LogP contribution >= 0.6 is 28.1 Å². The molecule has 0 aliphatic carbocycles. The van der Waals surface area contributed by atoms with E-state index in [1.54, 1.807) is 42.5 Å². The highest BCUT2D eigenvalue weighted by atomic mass is 79.9. The number of nitrogens with one attached hydrogen (secondary N) is 3. The van der Waals surface area contributed by atoms with E-state index in [4.69, 9.17) is 26.4 Å². The Balaban J connectivity index is 1.78. The fourth-order valence-electron chi connectivity index (χ4n) is 2.99. The molecule has 37 heavy (non-hydrogen) atoms. The molecule has 11 heteroatoms. The molecule has 0 saturated carbocycles. The molecule has 0 unspecified atom stereocenters. The highest BCUT2D eigenvalue weighted by molar-refractivity contribution is 9.10. The highest BCUT2D eigenvalue weighted by Gasteiger charge is 2.15. The van der Waals surface area contributed by atoms with Gasteiger partial charge in [0.15, 0.2) is 11.7 Å². The van der Waals surface area contributed by atoms with Gasteiger partial charge in [-0.05, 0) is 67.5 Å². The summed E-state index contributed by atoms with van der Waals surface area (Å²) in [6.07, 6.45) is 4.96. The molecule has 0 saturated heterocycles. The van der Waals surface area contributed by atoms with E-state index in [-0.39, 0.29) is 11.7 Å². The largest absolute Gasteiger partial charge is 0.493 e. The van der Waals surface area contributed by atoms with Crippen molar-refractivity contribution in [3.8, 4) is 11.5 Å². The van der Waals surface area contributed by atoms with Gasteiger partial charge in [0.25, 0.3) is 11.8 Å². The monoisotopic (exact) mass is 593 g/mol. The molecule has 3 N–H and O–H groups in total. The Bertz CT molecular complexity index is 1060. The molecular weight excluding hydrogens is 562 g/mol. The number of carbonyl (C=O) groups is 3. The van der Waals surface area contributed by atoms with Crippen LogP contribution in [-0.2, 0) is 9.53 Å². The molecule has 0 spiro atoms. The average molecular weight is 595 g/mol. The van der Waals surface area contributed by atoms with Crippen molar-refractivity contribution in [1.82, 2.24) is 16.2 Å². The van der Waals surface area contributed by atoms with E-state index in [1.807, 2.05) is 6.92 Å². The first-order valence-corrected chi connectivity index (χ1v) is 13.3. The van der Waals surface area contributed by atoms with Crippen molar-refractivity contribution in [2.45, 2.75) is 46.0 Å². The molecule has 200 valence electrons. The Labute approximate surface area is 230 Å². The van der Waals surface area contributed by atoms with Crippen LogP contribution in [0.1, 0.15) is 66.7 Å². The molecule has 0 radical (unpaired) electrons. The summed E-state index contributed by atoms with van der Waals surface area (Å²) < 4.78 is 17.0. The average Bonchev–Trinajstić information content (AvgIpc) is 2.90. The molecule has 0 aromatic heterocycles. The number of hydrogen-bond donors (Lipinski definition) is 3. The highest BCUT2D eigenvalue weighted by Crippen LogP contribution is 2.23. The minimum absolute atomic E-state index is 0.0952. The number of halogens is 1. The lowest BCUT2D eigenvalue weighted by atomic mass is 10.2. The van der Waals surface area contributed by atoms with E-state index in [0.717, 1.165) is 32.1 Å². The standard InChI is InChI=1S/C26H32BrN3O6S/c1-3-5-6-7-15-34-22-13-10-19(27)16-21(22)24(32)28-26(37)30-29-23(31)17-36-20-11-8-18(9-12-20)25(33)35-14-4-2/h8-13,16H,3-7,14-15,17H2,1-2H3,(H,29,31)(H2,28,30,32,37). The minimum Gasteiger partial charge on any atom is -0.493 e. The molecule has 2 rings (SSSR count). The molecule has 0 aliphatic rings. The SMILES string of the molecule is CCCCCCOc1ccc(Br)cc1C(=O)NC(=S)NNC(=O)COc1ccc(C(=O)OCCC)cc1. The van der Waals surface area contributed by atoms with Crippen LogP contribution in [0.15, 0.2) is 46.9 Å². The van der Waals surface area contributed by atoms with Gasteiger partial charge in [-0.2, -0.15) is 0 Å². The lowest BCUT2D eigenvalue weighted by Crippen LogP contribution is -2.49. The van der Waals surface area contributed by atoms with Crippen LogP contribution in [-0.4, -0.2) is 42.7 Å². The molecule has 9 nitrogen and oxygen atoms in total. The maximum absolute atomic E-state index is 12.7. The van der Waals surface area contributed by atoms with Crippen molar-refractivity contribution < 1.29 is 28.6 Å². The van der Waals surface area contributed by atoms with E-state index in [9.17, 15) is 14.4 Å². The van der Waals surface area contributed by atoms with E-state index in [2.05, 4.69) is 39.0 Å². The first-order valence-electron chi connectivity index (χ1n) is 12.1. The number of ether oxygens (including phenoxy) is 3. The molecule has 0 atom stereocenters. The Morgan fingerprint density at radius 1 is 0.892 bits per heavy atom. The Hall–Kier alpha value is -3.18. The summed E-state index contributed by atoms with van der Waals surface area (Å²) in [4.78, 5) is 36.7. The number of carbonyl (C=O) groups excluding carboxylic acids is 3. The first kappa shape index (κ1) is 30.0. The number of hydrazine groups is 1. The van der Waals surface area contributed by atoms with Crippen molar-refractivity contribution in [2.24, 2.45) is 0 Å². The normalized spacial score (nSPS) is 10.2. The van der Waals surface area contributed by atoms with Gasteiger partial charge in [-0.25, -0.2) is 4.79 Å². The van der Waals surface area contributed by atoms with Crippen LogP contribution in [0.3, 0.4) is 0 Å². The van der Waals surface area contributed by atoms with Gasteiger partial charge in [-0.1, -0.05) is 49.0 Å². The summed E-state index contributed by atoms with van der Waals surface area (Å²) in [6, 6.07) is 11.4. The van der Waals surface area contributed by atoms with Crippen LogP contribution in [0.25, 0.3) is 0 Å². The quantitative estimate of drug-likeness (QED) is 0.133. The molecule has 0 fully saturated rings. The molecule has 0 heterocycles. The number of hydrogen-bond acceptors (Lipinski definition) is 7. The smallest absolute Gasteiger partial charge is 0.338 e. The first-order chi connectivity index (χ1) is 17.8. The van der Waals surface area contributed by atoms with Crippen molar-refractivity contribution in [2.75, 3.05) is 19.8 Å². The predicted molar refractivity (Wildman–Crippen MR) is 148 cm³/mol. The third kappa shape index (κ3) is 11.2. The lowest BCUT2D eigenvalue weighted by molar-refractivity contribution is -0.123. The van der Waals surface area contributed by atoms with Crippen LogP contribution in [0, 0.1) is 0 Å². The van der Waals surface area contributed by atoms with E-state index >= 15 is 0 Å². The van der Waals surface area contributed by atoms with Gasteiger partial charge < -0.3 is 14.2 Å². The molecule has 0 aliphatic heterocycles. The summed E-state index contributed by atoms with van der Waals surface area (Å²) in [5.74, 6) is -0.580. The van der Waals surface area contributed by atoms with Crippen molar-refractivity contribution >= 4 is 51.0 Å². The van der Waals surface area contributed by atoms with Gasteiger partial charge >= 0.3 is 5.97 Å². The number of esters is 1. The Morgan fingerprint density at radius 3 is 2.35 bits per heavy atom. The number of unbranched alkanes of at least 4 members (excludes halogenated alkanes) is 3. The van der Waals surface area contributed by atoms with Gasteiger partial charge in [-0.3, -0.25) is 25.8 Å². The second kappa shape index (κ2) is 16.5. The number of rotatable bonds is 13. The topological polar surface area (TPSA) is 115 Å². The van der Waals surface area contributed by atoms with Gasteiger partial charge in [-0.15, -0.1) is 0 Å². The van der Waals surface area contributed by atoms with Gasteiger partial charge in [0.1, 0.15) is 11.5 Å². The summed E-state index contributed by atoms with van der Waals surface area (Å²) in [5.41, 5.74) is 5.53. The van der Waals surface area contributed by atoms with E-state index < -0.39 is 17.8 Å². The van der Waals surface area contributed by atoms with Crippen LogP contribution in [0.2, 0.25) is 0 Å². The third-order valence-electron chi connectivity index (χ3n) is 4.88. The number of benzene rings is 2. The molecular formula is C26H32BrN3O6S. The number of amides is 2. The minimum atomic E-state index is -0.526. The van der Waals surface area contributed by atoms with Crippen LogP contribution in [0.4, 0.5) is 0 Å². The van der Waals surface area contributed by atoms with Gasteiger partial charge in [0.05, 0.1) is 24.3 Å². The van der Waals surface area contributed by atoms with Crippen LogP contribution < -0.4 is 25.6 Å². The van der Waals surface area contributed by atoms with Crippen molar-refractivity contribution in [3.63, 3.8) is 0 Å². The summed E-state index contributed by atoms with van der Waals surface area (Å²) in [7, 11) is 0. The second-order valence-corrected chi connectivity index (χ2v) is 9.28. The summed E-state index contributed by atoms with van der Waals surface area (Å²) in [5, 5.41) is 2.42. The fraction of sp³-hybridized carbons (Fsp3) is 0.385. The number of thiocarbonyl (C=S) groups is 1. The molecule has 0 bridgehead atoms. The Kier molecular flexibility index (Phi) is 13.4. The molecule has 2 aromatic rings. The zero-order valence-corrected chi connectivity index (χ0v) is 23.3. The maximum atomic E-state index is 12.7. The predicted octanol–water partition coefficient (Wildman–Crippen LogP) is 4.69. The van der Waals surface area contributed by atoms with Crippen LogP contribution in [0.5, 0.6) is 11.5 Å². The van der Waals surface area contributed by atoms with E-state index in [0.29, 0.717) is 40.3 Å². The van der Waals surface area contributed by atoms with Gasteiger partial charge in [0.2, 0.25) is 0 Å². The second-order valence-electron chi connectivity index (χ2n) is 7.95. The lowest BCUT2D eigenvalue weighted by Gasteiger charge is -2.14. The Morgan fingerprint density at radius 2 is 1.65 bits per heavy atom. The summed E-state index contributed by atoms with van der Waals surface area (Å²) >= 11 is 8.47.